The summed E-state index contributed by atoms with van der Waals surface area (Å²) in [6, 6.07) is 1.30. The number of ether oxygens (including phenoxy) is 1. The van der Waals surface area contributed by atoms with Gasteiger partial charge in [-0.1, -0.05) is 6.92 Å². The van der Waals surface area contributed by atoms with E-state index in [4.69, 9.17) is 4.74 Å². The molecular weight excluding hydrogens is 180 g/mol. The predicted octanol–water partition coefficient (Wildman–Crippen LogP) is -0.158. The topological polar surface area (TPSA) is 41.6 Å². The molecule has 0 aliphatic carbocycles. The maximum atomic E-state index is 11.2. The van der Waals surface area contributed by atoms with Crippen LogP contribution in [0.5, 0.6) is 0 Å². The third kappa shape index (κ3) is 1.77. The first-order chi connectivity index (χ1) is 6.70. The van der Waals surface area contributed by atoms with Gasteiger partial charge in [-0.05, 0) is 6.42 Å². The van der Waals surface area contributed by atoms with Gasteiger partial charge in [-0.15, -0.1) is 0 Å². The minimum absolute atomic E-state index is 0.000602. The Balaban J connectivity index is 1.83. The van der Waals surface area contributed by atoms with E-state index in [0.717, 1.165) is 19.6 Å². The number of nitrogens with one attached hydrogen (secondary N) is 1. The molecule has 2 fully saturated rings. The molecule has 2 aliphatic heterocycles. The SMILES string of the molecule is COC(=O)[C@@H](C)CN1C[C@H]2C[C@@H]1CN2. The zero-order valence-electron chi connectivity index (χ0n) is 8.82. The van der Waals surface area contributed by atoms with E-state index in [2.05, 4.69) is 10.2 Å². The molecule has 2 saturated heterocycles. The lowest BCUT2D eigenvalue weighted by Crippen LogP contribution is -2.46. The number of hydrogen-bond donors (Lipinski definition) is 1. The number of piperazine rings is 1. The van der Waals surface area contributed by atoms with Crippen LogP contribution in [-0.4, -0.2) is 49.7 Å². The fourth-order valence-electron chi connectivity index (χ4n) is 2.50. The van der Waals surface area contributed by atoms with Gasteiger partial charge >= 0.3 is 5.97 Å². The molecule has 14 heavy (non-hydrogen) atoms. The molecule has 4 heteroatoms. The second kappa shape index (κ2) is 3.87. The summed E-state index contributed by atoms with van der Waals surface area (Å²) in [7, 11) is 1.45. The lowest BCUT2D eigenvalue weighted by atomic mass is 10.1. The van der Waals surface area contributed by atoms with Crippen molar-refractivity contribution in [2.24, 2.45) is 5.92 Å². The number of carbonyl (C=O) groups is 1. The third-order valence-electron chi connectivity index (χ3n) is 3.28. The standard InChI is InChI=1S/C10H18N2O2/c1-7(10(13)14-2)5-12-6-8-3-9(12)4-11-8/h7-9,11H,3-6H2,1-2H3/t7-,8+,9+/m0/s1. The van der Waals surface area contributed by atoms with E-state index in [9.17, 15) is 4.79 Å². The van der Waals surface area contributed by atoms with E-state index in [1.54, 1.807) is 0 Å². The van der Waals surface area contributed by atoms with Gasteiger partial charge in [0.2, 0.25) is 0 Å². The number of rotatable bonds is 3. The Bertz CT molecular complexity index is 232. The second-order valence-electron chi connectivity index (χ2n) is 4.37. The number of likely N-dealkylation sites (tertiary alicyclic amines) is 1. The van der Waals surface area contributed by atoms with Gasteiger partial charge in [-0.25, -0.2) is 0 Å². The lowest BCUT2D eigenvalue weighted by Gasteiger charge is -2.28. The van der Waals surface area contributed by atoms with Crippen molar-refractivity contribution in [1.82, 2.24) is 10.2 Å². The van der Waals surface area contributed by atoms with Crippen LogP contribution in [0.1, 0.15) is 13.3 Å². The van der Waals surface area contributed by atoms with Crippen molar-refractivity contribution in [3.8, 4) is 0 Å². The van der Waals surface area contributed by atoms with Crippen molar-refractivity contribution in [3.63, 3.8) is 0 Å². The van der Waals surface area contributed by atoms with Gasteiger partial charge in [-0.3, -0.25) is 9.69 Å². The molecule has 2 aliphatic rings. The number of nitrogens with zero attached hydrogens (tertiary/aromatic N) is 1. The van der Waals surface area contributed by atoms with Crippen molar-refractivity contribution in [2.75, 3.05) is 26.7 Å². The molecule has 0 spiro atoms. The molecule has 2 heterocycles. The molecule has 4 nitrogen and oxygen atoms in total. The highest BCUT2D eigenvalue weighted by atomic mass is 16.5. The fourth-order valence-corrected chi connectivity index (χ4v) is 2.50. The van der Waals surface area contributed by atoms with Gasteiger partial charge in [0.05, 0.1) is 13.0 Å². The summed E-state index contributed by atoms with van der Waals surface area (Å²) in [5.74, 6) is -0.0971. The summed E-state index contributed by atoms with van der Waals surface area (Å²) in [5, 5.41) is 3.44. The number of hydrogen-bond acceptors (Lipinski definition) is 4. The van der Waals surface area contributed by atoms with E-state index >= 15 is 0 Å². The zero-order valence-corrected chi connectivity index (χ0v) is 8.82. The molecule has 1 N–H and O–H groups in total. The quantitative estimate of drug-likeness (QED) is 0.640. The zero-order chi connectivity index (χ0) is 10.1. The van der Waals surface area contributed by atoms with Gasteiger partial charge in [0.25, 0.3) is 0 Å². The summed E-state index contributed by atoms with van der Waals surface area (Å²) < 4.78 is 4.72. The van der Waals surface area contributed by atoms with Crippen molar-refractivity contribution in [3.05, 3.63) is 0 Å². The Morgan fingerprint density at radius 1 is 1.71 bits per heavy atom. The Kier molecular flexibility index (Phi) is 2.74. The lowest BCUT2D eigenvalue weighted by molar-refractivity contribution is -0.145. The van der Waals surface area contributed by atoms with Crippen LogP contribution in [0.3, 0.4) is 0 Å². The van der Waals surface area contributed by atoms with Crippen LogP contribution in [0.25, 0.3) is 0 Å². The maximum absolute atomic E-state index is 11.2. The first-order valence-electron chi connectivity index (χ1n) is 5.26. The molecular formula is C10H18N2O2. The van der Waals surface area contributed by atoms with Gasteiger partial charge in [-0.2, -0.15) is 0 Å². The molecule has 0 amide bonds. The summed E-state index contributed by atoms with van der Waals surface area (Å²) in [4.78, 5) is 13.6. The Hall–Kier alpha value is -0.610. The van der Waals surface area contributed by atoms with E-state index in [1.807, 2.05) is 6.92 Å². The normalized spacial score (nSPS) is 33.3. The Labute approximate surface area is 84.6 Å². The molecule has 0 unspecified atom stereocenters. The van der Waals surface area contributed by atoms with Crippen LogP contribution in [0, 0.1) is 5.92 Å². The summed E-state index contributed by atoms with van der Waals surface area (Å²) in [5.41, 5.74) is 0. The van der Waals surface area contributed by atoms with Gasteiger partial charge < -0.3 is 10.1 Å². The molecule has 3 atom stereocenters. The second-order valence-corrected chi connectivity index (χ2v) is 4.37. The van der Waals surface area contributed by atoms with Crippen LogP contribution in [0.2, 0.25) is 0 Å². The predicted molar refractivity (Wildman–Crippen MR) is 52.9 cm³/mol. The Morgan fingerprint density at radius 3 is 3.00 bits per heavy atom. The van der Waals surface area contributed by atoms with Crippen molar-refractivity contribution < 1.29 is 9.53 Å². The van der Waals surface area contributed by atoms with Crippen LogP contribution in [0.15, 0.2) is 0 Å². The summed E-state index contributed by atoms with van der Waals surface area (Å²) >= 11 is 0. The molecule has 0 saturated carbocycles. The molecule has 0 aromatic carbocycles. The number of methoxy groups -OCH3 is 1. The van der Waals surface area contributed by atoms with Crippen molar-refractivity contribution >= 4 is 5.97 Å². The highest BCUT2D eigenvalue weighted by Crippen LogP contribution is 2.24. The first-order valence-corrected chi connectivity index (χ1v) is 5.26. The largest absolute Gasteiger partial charge is 0.469 e. The third-order valence-corrected chi connectivity index (χ3v) is 3.28. The molecule has 0 aromatic heterocycles. The molecule has 0 radical (unpaired) electrons. The number of carbonyl (C=O) groups excluding carboxylic acids is 1. The van der Waals surface area contributed by atoms with Gasteiger partial charge in [0.15, 0.2) is 0 Å². The maximum Gasteiger partial charge on any atom is 0.309 e. The average molecular weight is 198 g/mol. The molecule has 2 rings (SSSR count). The number of esters is 1. The first kappa shape index (κ1) is 9.93. The summed E-state index contributed by atoms with van der Waals surface area (Å²) in [6.45, 7) is 4.95. The fraction of sp³-hybridized carbons (Fsp3) is 0.900. The van der Waals surface area contributed by atoms with Crippen LogP contribution in [0.4, 0.5) is 0 Å². The van der Waals surface area contributed by atoms with Crippen LogP contribution in [-0.2, 0) is 9.53 Å². The van der Waals surface area contributed by atoms with Gasteiger partial charge in [0, 0.05) is 31.7 Å². The van der Waals surface area contributed by atoms with E-state index in [0.29, 0.717) is 12.1 Å². The van der Waals surface area contributed by atoms with E-state index < -0.39 is 0 Å². The minimum atomic E-state index is -0.0965. The Morgan fingerprint density at radius 2 is 2.50 bits per heavy atom. The van der Waals surface area contributed by atoms with Gasteiger partial charge in [0.1, 0.15) is 0 Å². The summed E-state index contributed by atoms with van der Waals surface area (Å²) in [6.07, 6.45) is 1.24. The number of fused-ring (bicyclic) bond motifs is 2. The van der Waals surface area contributed by atoms with Crippen LogP contribution >= 0.6 is 0 Å². The van der Waals surface area contributed by atoms with Crippen molar-refractivity contribution in [2.45, 2.75) is 25.4 Å². The molecule has 2 bridgehead atoms. The average Bonchev–Trinajstić information content (AvgIpc) is 2.77. The monoisotopic (exact) mass is 198 g/mol. The van der Waals surface area contributed by atoms with E-state index in [-0.39, 0.29) is 11.9 Å². The molecule has 0 aromatic rings. The highest BCUT2D eigenvalue weighted by Gasteiger charge is 2.38. The molecule has 80 valence electrons. The highest BCUT2D eigenvalue weighted by molar-refractivity contribution is 5.72. The van der Waals surface area contributed by atoms with Crippen LogP contribution < -0.4 is 5.32 Å². The van der Waals surface area contributed by atoms with E-state index in [1.165, 1.54) is 13.5 Å². The smallest absolute Gasteiger partial charge is 0.309 e. The van der Waals surface area contributed by atoms with Crippen molar-refractivity contribution in [1.29, 1.82) is 0 Å². The minimum Gasteiger partial charge on any atom is -0.469 e.